The lowest BCUT2D eigenvalue weighted by molar-refractivity contribution is -0.128. The molecule has 4 heteroatoms. The molecule has 0 heterocycles. The van der Waals surface area contributed by atoms with Crippen molar-refractivity contribution < 1.29 is 9.53 Å². The summed E-state index contributed by atoms with van der Waals surface area (Å²) in [4.78, 5) is 12.0. The highest BCUT2D eigenvalue weighted by atomic mass is 16.5. The van der Waals surface area contributed by atoms with Crippen LogP contribution in [0.3, 0.4) is 0 Å². The van der Waals surface area contributed by atoms with Crippen LogP contribution in [-0.4, -0.2) is 18.1 Å². The van der Waals surface area contributed by atoms with Gasteiger partial charge in [-0.05, 0) is 38.3 Å². The number of benzene rings is 1. The van der Waals surface area contributed by atoms with Gasteiger partial charge in [0.2, 0.25) is 0 Å². The topological polar surface area (TPSA) is 64.3 Å². The second-order valence-electron chi connectivity index (χ2n) is 4.77. The van der Waals surface area contributed by atoms with Crippen LogP contribution in [0.4, 0.5) is 5.69 Å². The summed E-state index contributed by atoms with van der Waals surface area (Å²) in [5.41, 5.74) is 7.46. The average Bonchev–Trinajstić information content (AvgIpc) is 2.40. The van der Waals surface area contributed by atoms with E-state index in [-0.39, 0.29) is 11.9 Å². The minimum atomic E-state index is -0.551. The maximum absolute atomic E-state index is 12.0. The third kappa shape index (κ3) is 4.16. The number of rotatable bonds is 6. The van der Waals surface area contributed by atoms with E-state index < -0.39 is 6.10 Å². The van der Waals surface area contributed by atoms with Crippen molar-refractivity contribution in [2.45, 2.75) is 52.7 Å². The van der Waals surface area contributed by atoms with Crippen LogP contribution < -0.4 is 15.8 Å². The number of carbonyl (C=O) groups is 1. The number of hydrogen-bond acceptors (Lipinski definition) is 3. The van der Waals surface area contributed by atoms with E-state index in [1.54, 1.807) is 13.0 Å². The summed E-state index contributed by atoms with van der Waals surface area (Å²) in [7, 11) is 0. The van der Waals surface area contributed by atoms with Crippen LogP contribution in [0.25, 0.3) is 0 Å². The van der Waals surface area contributed by atoms with Crippen molar-refractivity contribution in [3.05, 3.63) is 23.8 Å². The highest BCUT2D eigenvalue weighted by Crippen LogP contribution is 2.25. The molecule has 0 bridgehead atoms. The fraction of sp³-hybridized carbons (Fsp3) is 0.533. The summed E-state index contributed by atoms with van der Waals surface area (Å²) in [5.74, 6) is 0.460. The van der Waals surface area contributed by atoms with Crippen LogP contribution in [0.5, 0.6) is 5.75 Å². The van der Waals surface area contributed by atoms with E-state index >= 15 is 0 Å². The highest BCUT2D eigenvalue weighted by molar-refractivity contribution is 5.81. The van der Waals surface area contributed by atoms with E-state index in [4.69, 9.17) is 10.5 Å². The van der Waals surface area contributed by atoms with E-state index in [1.165, 1.54) is 0 Å². The largest absolute Gasteiger partial charge is 0.479 e. The van der Waals surface area contributed by atoms with Crippen molar-refractivity contribution in [2.24, 2.45) is 0 Å². The second-order valence-corrected chi connectivity index (χ2v) is 4.77. The molecule has 1 atom stereocenters. The molecule has 0 aromatic heterocycles. The molecular formula is C15H24N2O2. The molecule has 0 spiro atoms. The van der Waals surface area contributed by atoms with Gasteiger partial charge >= 0.3 is 0 Å². The minimum absolute atomic E-state index is 0.102. The Hall–Kier alpha value is -1.71. The molecule has 1 amide bonds. The molecule has 0 fully saturated rings. The number of nitrogens with one attached hydrogen (secondary N) is 1. The minimum Gasteiger partial charge on any atom is -0.479 e. The predicted octanol–water partition coefficient (Wildman–Crippen LogP) is 2.65. The van der Waals surface area contributed by atoms with Crippen LogP contribution in [-0.2, 0) is 4.79 Å². The lowest BCUT2D eigenvalue weighted by atomic mass is 10.1. The number of nitrogens with two attached hydrogens (primary N) is 1. The van der Waals surface area contributed by atoms with Gasteiger partial charge in [-0.2, -0.15) is 0 Å². The van der Waals surface area contributed by atoms with Gasteiger partial charge in [0.1, 0.15) is 5.75 Å². The van der Waals surface area contributed by atoms with Gasteiger partial charge in [-0.3, -0.25) is 4.79 Å². The third-order valence-electron chi connectivity index (χ3n) is 3.29. The molecule has 19 heavy (non-hydrogen) atoms. The Kier molecular flexibility index (Phi) is 5.67. The molecule has 1 aromatic carbocycles. The fourth-order valence-corrected chi connectivity index (χ4v) is 1.81. The number of nitrogen functional groups attached to an aromatic ring is 1. The van der Waals surface area contributed by atoms with E-state index in [1.807, 2.05) is 19.1 Å². The maximum atomic E-state index is 12.0. The molecule has 0 aliphatic heterocycles. The molecule has 1 aromatic rings. The Morgan fingerprint density at radius 2 is 2.00 bits per heavy atom. The predicted molar refractivity (Wildman–Crippen MR) is 78.2 cm³/mol. The van der Waals surface area contributed by atoms with Crippen LogP contribution >= 0.6 is 0 Å². The van der Waals surface area contributed by atoms with Gasteiger partial charge in [0, 0.05) is 6.04 Å². The van der Waals surface area contributed by atoms with Crippen LogP contribution in [0.2, 0.25) is 0 Å². The SMILES string of the molecule is CCC(CC)NC(=O)C(C)Oc1cccc(C)c1N. The lowest BCUT2D eigenvalue weighted by Gasteiger charge is -2.20. The van der Waals surface area contributed by atoms with Crippen molar-refractivity contribution in [3.8, 4) is 5.75 Å². The zero-order valence-electron chi connectivity index (χ0n) is 12.2. The molecule has 3 N–H and O–H groups in total. The molecule has 0 radical (unpaired) electrons. The molecule has 0 saturated carbocycles. The average molecular weight is 264 g/mol. The first-order valence-electron chi connectivity index (χ1n) is 6.81. The number of para-hydroxylation sites is 1. The normalized spacial score (nSPS) is 12.3. The van der Waals surface area contributed by atoms with Gasteiger partial charge in [0.25, 0.3) is 5.91 Å². The first-order chi connectivity index (χ1) is 8.99. The van der Waals surface area contributed by atoms with Crippen molar-refractivity contribution >= 4 is 11.6 Å². The molecular weight excluding hydrogens is 240 g/mol. The van der Waals surface area contributed by atoms with Crippen LogP contribution in [0.1, 0.15) is 39.2 Å². The van der Waals surface area contributed by atoms with Crippen molar-refractivity contribution in [1.82, 2.24) is 5.32 Å². The van der Waals surface area contributed by atoms with Crippen molar-refractivity contribution in [1.29, 1.82) is 0 Å². The molecule has 1 unspecified atom stereocenters. The summed E-state index contributed by atoms with van der Waals surface area (Å²) >= 11 is 0. The van der Waals surface area contributed by atoms with Crippen LogP contribution in [0.15, 0.2) is 18.2 Å². The highest BCUT2D eigenvalue weighted by Gasteiger charge is 2.18. The van der Waals surface area contributed by atoms with Gasteiger partial charge in [0.15, 0.2) is 6.10 Å². The summed E-state index contributed by atoms with van der Waals surface area (Å²) < 4.78 is 5.64. The monoisotopic (exact) mass is 264 g/mol. The molecule has 1 rings (SSSR count). The molecule has 0 aliphatic rings. The van der Waals surface area contributed by atoms with E-state index in [9.17, 15) is 4.79 Å². The van der Waals surface area contributed by atoms with E-state index in [0.29, 0.717) is 11.4 Å². The number of aryl methyl sites for hydroxylation is 1. The Labute approximate surface area is 115 Å². The van der Waals surface area contributed by atoms with Gasteiger partial charge in [-0.1, -0.05) is 26.0 Å². The molecule has 4 nitrogen and oxygen atoms in total. The van der Waals surface area contributed by atoms with Gasteiger partial charge in [-0.15, -0.1) is 0 Å². The fourth-order valence-electron chi connectivity index (χ4n) is 1.81. The van der Waals surface area contributed by atoms with Crippen molar-refractivity contribution in [2.75, 3.05) is 5.73 Å². The number of ether oxygens (including phenoxy) is 1. The summed E-state index contributed by atoms with van der Waals surface area (Å²) in [6.45, 7) is 7.76. The number of hydrogen-bond donors (Lipinski definition) is 2. The lowest BCUT2D eigenvalue weighted by Crippen LogP contribution is -2.42. The summed E-state index contributed by atoms with van der Waals surface area (Å²) in [6, 6.07) is 5.76. The van der Waals surface area contributed by atoms with Crippen LogP contribution in [0, 0.1) is 6.92 Å². The third-order valence-corrected chi connectivity index (χ3v) is 3.29. The summed E-state index contributed by atoms with van der Waals surface area (Å²) in [5, 5.41) is 2.97. The number of amides is 1. The quantitative estimate of drug-likeness (QED) is 0.776. The molecule has 106 valence electrons. The first kappa shape index (κ1) is 15.3. The Balaban J connectivity index is 2.66. The Morgan fingerprint density at radius 1 is 1.37 bits per heavy atom. The molecule has 0 saturated heterocycles. The maximum Gasteiger partial charge on any atom is 0.260 e. The Bertz CT molecular complexity index is 428. The zero-order valence-corrected chi connectivity index (χ0v) is 12.2. The number of anilines is 1. The first-order valence-corrected chi connectivity index (χ1v) is 6.81. The van der Waals surface area contributed by atoms with E-state index in [0.717, 1.165) is 18.4 Å². The standard InChI is InChI=1S/C15H24N2O2/c1-5-12(6-2)17-15(18)11(4)19-13-9-7-8-10(3)14(13)16/h7-9,11-12H,5-6,16H2,1-4H3,(H,17,18). The molecule has 0 aliphatic carbocycles. The van der Waals surface area contributed by atoms with Gasteiger partial charge in [0.05, 0.1) is 5.69 Å². The Morgan fingerprint density at radius 3 is 2.58 bits per heavy atom. The number of carbonyl (C=O) groups excluding carboxylic acids is 1. The second kappa shape index (κ2) is 7.02. The van der Waals surface area contributed by atoms with Crippen molar-refractivity contribution in [3.63, 3.8) is 0 Å². The van der Waals surface area contributed by atoms with Gasteiger partial charge in [-0.25, -0.2) is 0 Å². The smallest absolute Gasteiger partial charge is 0.260 e. The zero-order chi connectivity index (χ0) is 14.4. The van der Waals surface area contributed by atoms with E-state index in [2.05, 4.69) is 19.2 Å². The summed E-state index contributed by atoms with van der Waals surface area (Å²) in [6.07, 6.45) is 1.29. The van der Waals surface area contributed by atoms with Gasteiger partial charge < -0.3 is 15.8 Å².